The van der Waals surface area contributed by atoms with Gasteiger partial charge >= 0.3 is 5.97 Å². The predicted octanol–water partition coefficient (Wildman–Crippen LogP) is -0.515. The molecule has 56 valence electrons. The molecule has 0 radical (unpaired) electrons. The smallest absolute Gasteiger partial charge is 0.312 e. The minimum Gasteiger partial charge on any atom is -0.481 e. The third-order valence-corrected chi connectivity index (χ3v) is 1.88. The Bertz CT molecular complexity index is 155. The maximum absolute atomic E-state index is 10.4. The van der Waals surface area contributed by atoms with Crippen molar-refractivity contribution >= 4 is 5.97 Å². The van der Waals surface area contributed by atoms with Gasteiger partial charge in [-0.1, -0.05) is 0 Å². The van der Waals surface area contributed by atoms with Crippen LogP contribution in [0.1, 0.15) is 0 Å². The summed E-state index contributed by atoms with van der Waals surface area (Å²) in [6.07, 6.45) is -0.322. The fourth-order valence-corrected chi connectivity index (χ4v) is 1.30. The fourth-order valence-electron chi connectivity index (χ4n) is 1.30. The van der Waals surface area contributed by atoms with Crippen molar-refractivity contribution in [2.24, 2.45) is 5.92 Å². The van der Waals surface area contributed by atoms with E-state index < -0.39 is 11.9 Å². The molecule has 1 aliphatic carbocycles. The van der Waals surface area contributed by atoms with Gasteiger partial charge in [0, 0.05) is 0 Å². The van der Waals surface area contributed by atoms with Crippen LogP contribution in [0.4, 0.5) is 0 Å². The zero-order valence-corrected chi connectivity index (χ0v) is 5.32. The lowest BCUT2D eigenvalue weighted by molar-refractivity contribution is -0.139. The summed E-state index contributed by atoms with van der Waals surface area (Å²) < 4.78 is 10.2. The molecule has 0 aromatic heterocycles. The van der Waals surface area contributed by atoms with Crippen LogP contribution in [0.3, 0.4) is 0 Å². The van der Waals surface area contributed by atoms with Gasteiger partial charge in [-0.2, -0.15) is 0 Å². The van der Waals surface area contributed by atoms with Crippen LogP contribution < -0.4 is 0 Å². The molecule has 0 aromatic carbocycles. The van der Waals surface area contributed by atoms with Gasteiger partial charge in [0.2, 0.25) is 0 Å². The fraction of sp³-hybridized carbons (Fsp3) is 0.833. The molecular formula is C6H8O4. The van der Waals surface area contributed by atoms with Crippen LogP contribution in [0.5, 0.6) is 0 Å². The Balaban J connectivity index is 1.99. The van der Waals surface area contributed by atoms with E-state index in [9.17, 15) is 4.79 Å². The van der Waals surface area contributed by atoms with Crippen molar-refractivity contribution in [1.82, 2.24) is 0 Å². The van der Waals surface area contributed by atoms with Crippen LogP contribution in [0.25, 0.3) is 0 Å². The van der Waals surface area contributed by atoms with Gasteiger partial charge in [0.1, 0.15) is 18.1 Å². The number of carboxylic acids is 1. The molecule has 4 heteroatoms. The highest BCUT2D eigenvalue weighted by molar-refractivity contribution is 5.75. The summed E-state index contributed by atoms with van der Waals surface area (Å²) in [7, 11) is 0. The monoisotopic (exact) mass is 144 g/mol. The third kappa shape index (κ3) is 0.726. The summed E-state index contributed by atoms with van der Waals surface area (Å²) in [5.74, 6) is -1.21. The van der Waals surface area contributed by atoms with Gasteiger partial charge in [-0.15, -0.1) is 0 Å². The maximum atomic E-state index is 10.4. The summed E-state index contributed by atoms with van der Waals surface area (Å²) in [5, 5.41) is 8.52. The Morgan fingerprint density at radius 1 is 1.30 bits per heavy atom. The Labute approximate surface area is 57.7 Å². The SMILES string of the molecule is O=C(O)C1C2OCCOC21. The Kier molecular flexibility index (Phi) is 1.18. The van der Waals surface area contributed by atoms with E-state index in [0.717, 1.165) is 0 Å². The second kappa shape index (κ2) is 1.93. The molecule has 2 rings (SSSR count). The van der Waals surface area contributed by atoms with E-state index in [1.165, 1.54) is 0 Å². The minimum atomic E-state index is -0.808. The molecule has 10 heavy (non-hydrogen) atoms. The molecule has 1 N–H and O–H groups in total. The molecule has 0 spiro atoms. The van der Waals surface area contributed by atoms with Crippen molar-refractivity contribution in [3.63, 3.8) is 0 Å². The summed E-state index contributed by atoms with van der Waals surface area (Å²) in [4.78, 5) is 10.4. The average molecular weight is 144 g/mol. The standard InChI is InChI=1S/C6H8O4/c7-6(8)3-4-5(3)10-2-1-9-4/h3-5H,1-2H2,(H,7,8). The number of aliphatic carboxylic acids is 1. The normalized spacial score (nSPS) is 44.2. The predicted molar refractivity (Wildman–Crippen MR) is 30.6 cm³/mol. The first-order chi connectivity index (χ1) is 4.80. The maximum Gasteiger partial charge on any atom is 0.312 e. The van der Waals surface area contributed by atoms with E-state index >= 15 is 0 Å². The third-order valence-electron chi connectivity index (χ3n) is 1.88. The van der Waals surface area contributed by atoms with Crippen molar-refractivity contribution in [1.29, 1.82) is 0 Å². The first kappa shape index (κ1) is 6.12. The zero-order chi connectivity index (χ0) is 7.14. The highest BCUT2D eigenvalue weighted by atomic mass is 16.6. The number of carboxylic acid groups (broad SMARTS) is 1. The first-order valence-electron chi connectivity index (χ1n) is 3.27. The van der Waals surface area contributed by atoms with Gasteiger partial charge in [-0.05, 0) is 0 Å². The minimum absolute atomic E-state index is 0.161. The number of fused-ring (bicyclic) bond motifs is 1. The second-order valence-corrected chi connectivity index (χ2v) is 2.53. The molecule has 0 bridgehead atoms. The molecule has 4 nitrogen and oxygen atoms in total. The lowest BCUT2D eigenvalue weighted by Crippen LogP contribution is -2.16. The molecule has 0 aromatic rings. The van der Waals surface area contributed by atoms with Crippen LogP contribution in [-0.2, 0) is 14.3 Å². The van der Waals surface area contributed by atoms with Crippen LogP contribution in [0, 0.1) is 5.92 Å². The van der Waals surface area contributed by atoms with Crippen molar-refractivity contribution in [2.45, 2.75) is 12.2 Å². The highest BCUT2D eigenvalue weighted by Gasteiger charge is 2.59. The van der Waals surface area contributed by atoms with Gasteiger partial charge in [0.05, 0.1) is 13.2 Å². The summed E-state index contributed by atoms with van der Waals surface area (Å²) in [6, 6.07) is 0. The van der Waals surface area contributed by atoms with Crippen LogP contribution in [0.15, 0.2) is 0 Å². The summed E-state index contributed by atoms with van der Waals surface area (Å²) >= 11 is 0. The average Bonchev–Trinajstić information content (AvgIpc) is 2.60. The molecule has 1 saturated heterocycles. The molecule has 2 aliphatic rings. The van der Waals surface area contributed by atoms with Gasteiger partial charge in [-0.3, -0.25) is 4.79 Å². The van der Waals surface area contributed by atoms with E-state index in [-0.39, 0.29) is 12.2 Å². The van der Waals surface area contributed by atoms with Crippen LogP contribution in [0.2, 0.25) is 0 Å². The number of hydrogen-bond acceptors (Lipinski definition) is 3. The van der Waals surface area contributed by atoms with E-state index in [4.69, 9.17) is 14.6 Å². The quantitative estimate of drug-likeness (QED) is 0.538. The molecule has 2 atom stereocenters. The van der Waals surface area contributed by atoms with Crippen LogP contribution in [-0.4, -0.2) is 36.5 Å². The van der Waals surface area contributed by atoms with Crippen molar-refractivity contribution in [2.75, 3.05) is 13.2 Å². The number of ether oxygens (including phenoxy) is 2. The first-order valence-corrected chi connectivity index (χ1v) is 3.27. The molecule has 2 fully saturated rings. The largest absolute Gasteiger partial charge is 0.481 e. The summed E-state index contributed by atoms with van der Waals surface area (Å²) in [6.45, 7) is 1.07. The topological polar surface area (TPSA) is 55.8 Å². The van der Waals surface area contributed by atoms with Gasteiger partial charge < -0.3 is 14.6 Å². The van der Waals surface area contributed by atoms with E-state index in [1.807, 2.05) is 0 Å². The number of carbonyl (C=O) groups is 1. The Hall–Kier alpha value is -0.610. The van der Waals surface area contributed by atoms with Gasteiger partial charge in [0.25, 0.3) is 0 Å². The number of hydrogen-bond donors (Lipinski definition) is 1. The van der Waals surface area contributed by atoms with Crippen molar-refractivity contribution in [3.05, 3.63) is 0 Å². The molecule has 0 amide bonds. The molecular weight excluding hydrogens is 136 g/mol. The van der Waals surface area contributed by atoms with E-state index in [2.05, 4.69) is 0 Å². The summed E-state index contributed by atoms with van der Waals surface area (Å²) in [5.41, 5.74) is 0. The van der Waals surface area contributed by atoms with Crippen molar-refractivity contribution < 1.29 is 19.4 Å². The van der Waals surface area contributed by atoms with Gasteiger partial charge in [-0.25, -0.2) is 0 Å². The molecule has 2 unspecified atom stereocenters. The van der Waals surface area contributed by atoms with E-state index in [0.29, 0.717) is 13.2 Å². The lowest BCUT2D eigenvalue weighted by Gasteiger charge is -2.08. The Morgan fingerprint density at radius 3 is 2.20 bits per heavy atom. The zero-order valence-electron chi connectivity index (χ0n) is 5.32. The molecule has 1 saturated carbocycles. The van der Waals surface area contributed by atoms with Crippen molar-refractivity contribution in [3.8, 4) is 0 Å². The molecule has 1 aliphatic heterocycles. The Morgan fingerprint density at radius 2 is 1.80 bits per heavy atom. The van der Waals surface area contributed by atoms with Crippen LogP contribution >= 0.6 is 0 Å². The number of rotatable bonds is 1. The molecule has 1 heterocycles. The van der Waals surface area contributed by atoms with Gasteiger partial charge in [0.15, 0.2) is 0 Å². The van der Waals surface area contributed by atoms with E-state index in [1.54, 1.807) is 0 Å². The lowest BCUT2D eigenvalue weighted by atomic mass is 10.4. The second-order valence-electron chi connectivity index (χ2n) is 2.53. The highest BCUT2D eigenvalue weighted by Crippen LogP contribution is 2.39.